The highest BCUT2D eigenvalue weighted by Gasteiger charge is 2.41. The first-order valence-electron chi connectivity index (χ1n) is 20.7. The lowest BCUT2D eigenvalue weighted by Gasteiger charge is -2.31. The van der Waals surface area contributed by atoms with Gasteiger partial charge in [0, 0.05) is 27.8 Å². The lowest BCUT2D eigenvalue weighted by molar-refractivity contribution is 0.590. The fourth-order valence-electron chi connectivity index (χ4n) is 10.1. The van der Waals surface area contributed by atoms with Gasteiger partial charge in [0.25, 0.3) is 0 Å². The molecule has 0 heterocycles. The molecular formula is C57H49N. The van der Waals surface area contributed by atoms with Crippen LogP contribution in [0.4, 0.5) is 17.1 Å². The highest BCUT2D eigenvalue weighted by molar-refractivity contribution is 5.95. The summed E-state index contributed by atoms with van der Waals surface area (Å²) in [7, 11) is 0. The molecule has 2 aliphatic carbocycles. The van der Waals surface area contributed by atoms with Gasteiger partial charge in [-0.1, -0.05) is 186 Å². The number of para-hydroxylation sites is 1. The Bertz CT molecular complexity index is 2840. The van der Waals surface area contributed by atoms with Crippen molar-refractivity contribution in [3.05, 3.63) is 221 Å². The Balaban J connectivity index is 1.10. The van der Waals surface area contributed by atoms with Crippen LogP contribution in [0.25, 0.3) is 44.5 Å². The van der Waals surface area contributed by atoms with Crippen molar-refractivity contribution in [3.8, 4) is 44.5 Å². The van der Waals surface area contributed by atoms with E-state index in [1.807, 2.05) is 0 Å². The molecule has 0 spiro atoms. The highest BCUT2D eigenvalue weighted by atomic mass is 15.1. The molecule has 0 aliphatic heterocycles. The molecule has 8 aromatic carbocycles. The van der Waals surface area contributed by atoms with Crippen LogP contribution in [-0.2, 0) is 16.2 Å². The van der Waals surface area contributed by atoms with Crippen molar-refractivity contribution < 1.29 is 0 Å². The maximum atomic E-state index is 2.45. The standard InChI is InChI=1S/C57H49N/c1-55(2,3)40-30-34-43(35-31-40)58(53-26-15-12-21-47(53)49-23-16-22-48-45-20-10-13-24-50(45)56(4,5)54(48)49)42-32-27-38(28-33-42)39-29-36-46-44-19-11-14-25-51(44)57(6,52(46)37-39)41-17-8-7-9-18-41/h7-37H,1-6H3. The van der Waals surface area contributed by atoms with Crippen molar-refractivity contribution in [1.82, 2.24) is 0 Å². The zero-order valence-electron chi connectivity index (χ0n) is 34.3. The van der Waals surface area contributed by atoms with Gasteiger partial charge in [-0.3, -0.25) is 0 Å². The summed E-state index contributed by atoms with van der Waals surface area (Å²) in [5.74, 6) is 0. The van der Waals surface area contributed by atoms with Gasteiger partial charge in [-0.05, 0) is 121 Å². The molecule has 0 bridgehead atoms. The van der Waals surface area contributed by atoms with E-state index >= 15 is 0 Å². The Morgan fingerprint density at radius 1 is 0.397 bits per heavy atom. The van der Waals surface area contributed by atoms with Gasteiger partial charge in [-0.15, -0.1) is 0 Å². The second-order valence-corrected chi connectivity index (χ2v) is 17.9. The zero-order chi connectivity index (χ0) is 39.8. The molecule has 0 fully saturated rings. The van der Waals surface area contributed by atoms with Crippen LogP contribution in [0, 0.1) is 0 Å². The van der Waals surface area contributed by atoms with Crippen LogP contribution >= 0.6 is 0 Å². The summed E-state index contributed by atoms with van der Waals surface area (Å²) >= 11 is 0. The molecule has 0 radical (unpaired) electrons. The summed E-state index contributed by atoms with van der Waals surface area (Å²) in [6.07, 6.45) is 0. The van der Waals surface area contributed by atoms with Crippen molar-refractivity contribution in [3.63, 3.8) is 0 Å². The minimum Gasteiger partial charge on any atom is -0.310 e. The molecule has 8 aromatic rings. The van der Waals surface area contributed by atoms with Crippen molar-refractivity contribution in [2.45, 2.75) is 57.8 Å². The van der Waals surface area contributed by atoms with Gasteiger partial charge < -0.3 is 4.90 Å². The maximum Gasteiger partial charge on any atom is 0.0540 e. The van der Waals surface area contributed by atoms with Crippen molar-refractivity contribution in [1.29, 1.82) is 0 Å². The second kappa shape index (κ2) is 13.3. The third kappa shape index (κ3) is 5.52. The maximum absolute atomic E-state index is 2.45. The number of nitrogens with zero attached hydrogens (tertiary/aromatic N) is 1. The van der Waals surface area contributed by atoms with Gasteiger partial charge in [-0.25, -0.2) is 0 Å². The smallest absolute Gasteiger partial charge is 0.0540 e. The molecule has 0 saturated carbocycles. The Labute approximate surface area is 344 Å². The van der Waals surface area contributed by atoms with Crippen LogP contribution in [0.1, 0.15) is 74.9 Å². The van der Waals surface area contributed by atoms with E-state index in [4.69, 9.17) is 0 Å². The topological polar surface area (TPSA) is 3.24 Å². The predicted molar refractivity (Wildman–Crippen MR) is 246 cm³/mol. The third-order valence-corrected chi connectivity index (χ3v) is 13.1. The summed E-state index contributed by atoms with van der Waals surface area (Å²) in [5, 5.41) is 0. The van der Waals surface area contributed by atoms with Crippen LogP contribution < -0.4 is 4.90 Å². The first kappa shape index (κ1) is 35.9. The largest absolute Gasteiger partial charge is 0.310 e. The molecule has 10 rings (SSSR count). The summed E-state index contributed by atoms with van der Waals surface area (Å²) < 4.78 is 0. The molecule has 282 valence electrons. The molecule has 1 nitrogen and oxygen atoms in total. The van der Waals surface area contributed by atoms with E-state index in [0.29, 0.717) is 0 Å². The Morgan fingerprint density at radius 3 is 1.57 bits per heavy atom. The molecule has 0 aromatic heterocycles. The predicted octanol–water partition coefficient (Wildman–Crippen LogP) is 15.4. The summed E-state index contributed by atoms with van der Waals surface area (Å²) in [4.78, 5) is 2.45. The molecule has 58 heavy (non-hydrogen) atoms. The number of rotatable bonds is 6. The molecule has 0 amide bonds. The zero-order valence-corrected chi connectivity index (χ0v) is 34.3. The van der Waals surface area contributed by atoms with E-state index < -0.39 is 0 Å². The number of benzene rings is 8. The number of hydrogen-bond donors (Lipinski definition) is 0. The van der Waals surface area contributed by atoms with Crippen molar-refractivity contribution in [2.24, 2.45) is 0 Å². The van der Waals surface area contributed by atoms with Gasteiger partial charge in [0.1, 0.15) is 0 Å². The molecule has 1 atom stereocenters. The van der Waals surface area contributed by atoms with Crippen molar-refractivity contribution in [2.75, 3.05) is 4.90 Å². The Morgan fingerprint density at radius 2 is 0.897 bits per heavy atom. The SMILES string of the molecule is CC(C)(C)c1ccc(N(c2ccc(-c3ccc4c(c3)C(C)(c3ccccc3)c3ccccc3-4)cc2)c2ccccc2-c2cccc3c2C(C)(C)c2ccccc2-3)cc1. The molecule has 1 heteroatoms. The Kier molecular flexibility index (Phi) is 8.25. The number of anilines is 3. The van der Waals surface area contributed by atoms with Crippen LogP contribution in [0.2, 0.25) is 0 Å². The van der Waals surface area contributed by atoms with Crippen molar-refractivity contribution >= 4 is 17.1 Å². The highest BCUT2D eigenvalue weighted by Crippen LogP contribution is 2.55. The first-order chi connectivity index (χ1) is 28.0. The van der Waals surface area contributed by atoms with Crippen LogP contribution in [0.3, 0.4) is 0 Å². The molecule has 0 N–H and O–H groups in total. The Hall–Kier alpha value is -6.44. The second-order valence-electron chi connectivity index (χ2n) is 17.9. The van der Waals surface area contributed by atoms with E-state index in [-0.39, 0.29) is 16.2 Å². The van der Waals surface area contributed by atoms with Gasteiger partial charge in [0.15, 0.2) is 0 Å². The summed E-state index contributed by atoms with van der Waals surface area (Å²) in [6.45, 7) is 14.0. The van der Waals surface area contributed by atoms with E-state index in [9.17, 15) is 0 Å². The van der Waals surface area contributed by atoms with Crippen LogP contribution in [0.15, 0.2) is 188 Å². The van der Waals surface area contributed by atoms with Gasteiger partial charge >= 0.3 is 0 Å². The lowest BCUT2D eigenvalue weighted by Crippen LogP contribution is -2.22. The van der Waals surface area contributed by atoms with E-state index in [2.05, 4.69) is 234 Å². The fourth-order valence-corrected chi connectivity index (χ4v) is 10.1. The van der Waals surface area contributed by atoms with Gasteiger partial charge in [0.2, 0.25) is 0 Å². The average Bonchev–Trinajstić information content (AvgIpc) is 3.66. The number of hydrogen-bond acceptors (Lipinski definition) is 1. The molecule has 1 unspecified atom stereocenters. The minimum absolute atomic E-state index is 0.0575. The van der Waals surface area contributed by atoms with E-state index in [1.54, 1.807) is 0 Å². The molecule has 2 aliphatic rings. The van der Waals surface area contributed by atoms with Gasteiger partial charge in [0.05, 0.1) is 5.69 Å². The van der Waals surface area contributed by atoms with Crippen LogP contribution in [0.5, 0.6) is 0 Å². The van der Waals surface area contributed by atoms with Gasteiger partial charge in [-0.2, -0.15) is 0 Å². The van der Waals surface area contributed by atoms with E-state index in [0.717, 1.165) is 17.1 Å². The quantitative estimate of drug-likeness (QED) is 0.164. The number of fused-ring (bicyclic) bond motifs is 6. The third-order valence-electron chi connectivity index (χ3n) is 13.1. The molecule has 0 saturated heterocycles. The lowest BCUT2D eigenvalue weighted by atomic mass is 9.74. The normalized spacial score (nSPS) is 16.0. The summed E-state index contributed by atoms with van der Waals surface area (Å²) in [5.41, 5.74) is 21.5. The fraction of sp³-hybridized carbons (Fsp3) is 0.158. The summed E-state index contributed by atoms with van der Waals surface area (Å²) in [6, 6.07) is 70.1. The average molecular weight is 748 g/mol. The minimum atomic E-state index is -0.240. The first-order valence-corrected chi connectivity index (χ1v) is 20.7. The monoisotopic (exact) mass is 747 g/mol. The van der Waals surface area contributed by atoms with E-state index in [1.165, 1.54) is 77.9 Å². The van der Waals surface area contributed by atoms with Crippen LogP contribution in [-0.4, -0.2) is 0 Å². The molecular weight excluding hydrogens is 699 g/mol.